The Hall–Kier alpha value is -0.920. The van der Waals surface area contributed by atoms with Crippen LogP contribution >= 0.6 is 24.0 Å². The Labute approximate surface area is 170 Å². The lowest BCUT2D eigenvalue weighted by Gasteiger charge is -2.59. The number of carbonyl (C=O) groups excluding carboxylic acids is 1. The third kappa shape index (κ3) is 3.83. The van der Waals surface area contributed by atoms with Gasteiger partial charge in [-0.15, -0.1) is 12.4 Å². The minimum absolute atomic E-state index is 0. The van der Waals surface area contributed by atoms with E-state index in [9.17, 15) is 9.18 Å². The number of hydrogen-bond acceptors (Lipinski definition) is 4. The summed E-state index contributed by atoms with van der Waals surface area (Å²) in [7, 11) is 0. The van der Waals surface area contributed by atoms with Gasteiger partial charge in [-0.1, -0.05) is 31.5 Å². The Morgan fingerprint density at radius 2 is 2.19 bits per heavy atom. The largest absolute Gasteiger partial charge is 0.378 e. The molecule has 0 spiro atoms. The van der Waals surface area contributed by atoms with Crippen LogP contribution < -0.4 is 5.73 Å². The highest BCUT2D eigenvalue weighted by Crippen LogP contribution is 2.50. The predicted molar refractivity (Wildman–Crippen MR) is 105 cm³/mol. The van der Waals surface area contributed by atoms with Crippen LogP contribution in [0.5, 0.6) is 0 Å². The summed E-state index contributed by atoms with van der Waals surface area (Å²) in [5.41, 5.74) is 5.88. The van der Waals surface area contributed by atoms with Gasteiger partial charge in [0.1, 0.15) is 17.5 Å². The van der Waals surface area contributed by atoms with E-state index in [1.165, 1.54) is 6.07 Å². The van der Waals surface area contributed by atoms with Crippen LogP contribution in [0.25, 0.3) is 0 Å². The van der Waals surface area contributed by atoms with Gasteiger partial charge < -0.3 is 20.1 Å². The van der Waals surface area contributed by atoms with Gasteiger partial charge in [-0.2, -0.15) is 0 Å². The summed E-state index contributed by atoms with van der Waals surface area (Å²) in [6, 6.07) is 4.50. The highest BCUT2D eigenvalue weighted by Gasteiger charge is 2.63. The molecule has 1 aliphatic carbocycles. The average Bonchev–Trinajstić information content (AvgIpc) is 2.63. The zero-order valence-corrected chi connectivity index (χ0v) is 17.4. The standard InChI is InChI=1S/C19H26ClFN2O3.ClH/c1-4-25-16-10-19(22,18(16,2)3)17(24)23-7-8-26-15(11-23)12-5-6-14(21)13(20)9-12;/h5-6,9,15-16H,4,7-8,10-11,22H2,1-3H3;1H. The molecule has 1 amide bonds. The first-order chi connectivity index (χ1) is 12.2. The summed E-state index contributed by atoms with van der Waals surface area (Å²) < 4.78 is 24.9. The normalized spacial score (nSPS) is 29.6. The first kappa shape index (κ1) is 22.4. The van der Waals surface area contributed by atoms with Gasteiger partial charge in [-0.05, 0) is 24.6 Å². The van der Waals surface area contributed by atoms with E-state index in [0.717, 1.165) is 5.56 Å². The number of ether oxygens (including phenoxy) is 2. The minimum Gasteiger partial charge on any atom is -0.378 e. The molecule has 27 heavy (non-hydrogen) atoms. The second-order valence-corrected chi connectivity index (χ2v) is 8.03. The molecule has 5 nitrogen and oxygen atoms in total. The van der Waals surface area contributed by atoms with Crippen molar-refractivity contribution in [2.24, 2.45) is 11.1 Å². The van der Waals surface area contributed by atoms with Crippen LogP contribution in [0.15, 0.2) is 18.2 Å². The Balaban J connectivity index is 0.00000261. The van der Waals surface area contributed by atoms with Crippen LogP contribution in [0.1, 0.15) is 38.9 Å². The van der Waals surface area contributed by atoms with Crippen LogP contribution in [0.2, 0.25) is 5.02 Å². The maximum absolute atomic E-state index is 13.4. The molecule has 0 radical (unpaired) electrons. The number of nitrogens with two attached hydrogens (primary N) is 1. The molecule has 8 heteroatoms. The highest BCUT2D eigenvalue weighted by molar-refractivity contribution is 6.30. The summed E-state index contributed by atoms with van der Waals surface area (Å²) in [6.07, 6.45) is 0.145. The number of benzene rings is 1. The molecule has 152 valence electrons. The molecule has 0 bridgehead atoms. The Morgan fingerprint density at radius 3 is 2.78 bits per heavy atom. The smallest absolute Gasteiger partial charge is 0.243 e. The second-order valence-electron chi connectivity index (χ2n) is 7.63. The van der Waals surface area contributed by atoms with E-state index >= 15 is 0 Å². The number of rotatable bonds is 4. The molecule has 2 fully saturated rings. The number of halogens is 3. The number of nitrogens with zero attached hydrogens (tertiary/aromatic N) is 1. The summed E-state index contributed by atoms with van der Waals surface area (Å²) >= 11 is 5.87. The molecule has 2 aliphatic rings. The summed E-state index contributed by atoms with van der Waals surface area (Å²) in [6.45, 7) is 7.75. The Kier molecular flexibility index (Phi) is 6.80. The van der Waals surface area contributed by atoms with Crippen molar-refractivity contribution in [1.82, 2.24) is 4.90 Å². The number of carbonyl (C=O) groups is 1. The van der Waals surface area contributed by atoms with Crippen molar-refractivity contribution in [3.8, 4) is 0 Å². The van der Waals surface area contributed by atoms with Crippen LogP contribution in [-0.2, 0) is 14.3 Å². The van der Waals surface area contributed by atoms with Crippen molar-refractivity contribution < 1.29 is 18.7 Å². The first-order valence-electron chi connectivity index (χ1n) is 8.97. The molecule has 1 heterocycles. The number of amides is 1. The van der Waals surface area contributed by atoms with Crippen molar-refractivity contribution >= 4 is 29.9 Å². The molecule has 1 aromatic rings. The molecule has 3 rings (SSSR count). The zero-order valence-electron chi connectivity index (χ0n) is 15.8. The number of hydrogen-bond donors (Lipinski definition) is 1. The quantitative estimate of drug-likeness (QED) is 0.810. The van der Waals surface area contributed by atoms with E-state index in [4.69, 9.17) is 26.8 Å². The molecule has 0 aromatic heterocycles. The molecular formula is C19H27Cl2FN2O3. The number of morpholine rings is 1. The predicted octanol–water partition coefficient (Wildman–Crippen LogP) is 3.33. The Morgan fingerprint density at radius 1 is 1.48 bits per heavy atom. The average molecular weight is 421 g/mol. The fourth-order valence-electron chi connectivity index (χ4n) is 3.83. The van der Waals surface area contributed by atoms with Gasteiger partial charge >= 0.3 is 0 Å². The van der Waals surface area contributed by atoms with Gasteiger partial charge in [0.25, 0.3) is 0 Å². The SMILES string of the molecule is CCOC1CC(N)(C(=O)N2CCOC(c3ccc(F)c(Cl)c3)C2)C1(C)C.Cl. The van der Waals surface area contributed by atoms with E-state index in [1.807, 2.05) is 20.8 Å². The molecule has 1 aromatic carbocycles. The third-order valence-corrected chi connectivity index (χ3v) is 6.17. The van der Waals surface area contributed by atoms with Crippen molar-refractivity contribution in [3.63, 3.8) is 0 Å². The van der Waals surface area contributed by atoms with Crippen molar-refractivity contribution in [1.29, 1.82) is 0 Å². The van der Waals surface area contributed by atoms with Crippen molar-refractivity contribution in [2.75, 3.05) is 26.3 Å². The monoisotopic (exact) mass is 420 g/mol. The van der Waals surface area contributed by atoms with Crippen LogP contribution in [0.3, 0.4) is 0 Å². The van der Waals surface area contributed by atoms with E-state index in [-0.39, 0.29) is 35.5 Å². The fourth-order valence-corrected chi connectivity index (χ4v) is 4.02. The van der Waals surface area contributed by atoms with E-state index in [0.29, 0.717) is 32.7 Å². The maximum Gasteiger partial charge on any atom is 0.243 e. The Bertz CT molecular complexity index is 704. The van der Waals surface area contributed by atoms with Gasteiger partial charge in [0.15, 0.2) is 0 Å². The third-order valence-electron chi connectivity index (χ3n) is 5.88. The van der Waals surface area contributed by atoms with Crippen molar-refractivity contribution in [2.45, 2.75) is 44.9 Å². The molecule has 2 N–H and O–H groups in total. The topological polar surface area (TPSA) is 64.8 Å². The van der Waals surface area contributed by atoms with Gasteiger partial charge in [-0.25, -0.2) is 4.39 Å². The lowest BCUT2D eigenvalue weighted by atomic mass is 9.54. The first-order valence-corrected chi connectivity index (χ1v) is 9.35. The van der Waals surface area contributed by atoms with E-state index in [2.05, 4.69) is 0 Å². The molecule has 1 saturated heterocycles. The van der Waals surface area contributed by atoms with Crippen LogP contribution in [0, 0.1) is 11.2 Å². The maximum atomic E-state index is 13.4. The second kappa shape index (κ2) is 8.21. The van der Waals surface area contributed by atoms with Crippen molar-refractivity contribution in [3.05, 3.63) is 34.6 Å². The van der Waals surface area contributed by atoms with Gasteiger partial charge in [0, 0.05) is 25.0 Å². The fraction of sp³-hybridized carbons (Fsp3) is 0.632. The lowest BCUT2D eigenvalue weighted by molar-refractivity contribution is -0.184. The van der Waals surface area contributed by atoms with Crippen LogP contribution in [0.4, 0.5) is 4.39 Å². The highest BCUT2D eigenvalue weighted by atomic mass is 35.5. The van der Waals surface area contributed by atoms with E-state index in [1.54, 1.807) is 17.0 Å². The van der Waals surface area contributed by atoms with Gasteiger partial charge in [-0.3, -0.25) is 4.79 Å². The zero-order chi connectivity index (χ0) is 19.1. The minimum atomic E-state index is -0.949. The molecule has 1 aliphatic heterocycles. The molecule has 1 saturated carbocycles. The molecule has 3 unspecified atom stereocenters. The van der Waals surface area contributed by atoms with Crippen LogP contribution in [-0.4, -0.2) is 48.8 Å². The van der Waals surface area contributed by atoms with E-state index < -0.39 is 16.8 Å². The summed E-state index contributed by atoms with van der Waals surface area (Å²) in [5.74, 6) is -0.557. The molecular weight excluding hydrogens is 394 g/mol. The van der Waals surface area contributed by atoms with Gasteiger partial charge in [0.2, 0.25) is 5.91 Å². The lowest BCUT2D eigenvalue weighted by Crippen LogP contribution is -2.76. The molecule has 3 atom stereocenters. The van der Waals surface area contributed by atoms with Gasteiger partial charge in [0.05, 0.1) is 24.3 Å². The summed E-state index contributed by atoms with van der Waals surface area (Å²) in [5, 5.41) is 0.0459. The summed E-state index contributed by atoms with van der Waals surface area (Å²) in [4.78, 5) is 14.9.